The third-order valence-electron chi connectivity index (χ3n) is 1.84. The van der Waals surface area contributed by atoms with E-state index in [1.54, 1.807) is 0 Å². The van der Waals surface area contributed by atoms with Crippen LogP contribution in [0.5, 0.6) is 5.75 Å². The van der Waals surface area contributed by atoms with Crippen LogP contribution >= 0.6 is 0 Å². The van der Waals surface area contributed by atoms with E-state index in [-0.39, 0.29) is 17.7 Å². The number of carboxylic acids is 1. The molecule has 0 aliphatic rings. The molecule has 4 nitrogen and oxygen atoms in total. The molecule has 0 unspecified atom stereocenters. The molecule has 1 atom stereocenters. The molecule has 0 spiro atoms. The first kappa shape index (κ1) is 10.5. The van der Waals surface area contributed by atoms with Gasteiger partial charge >= 0.3 is 0 Å². The lowest BCUT2D eigenvalue weighted by molar-refractivity contribution is -0.437. The standard InChI is InChI=1S/C9H10FNO3/c10-7-4-6(12)2-1-5(7)3-8(11)9(13)14/h1-2,4,8,12H,3,11H2,(H,13,14)/t8-/m1/s1. The van der Waals surface area contributed by atoms with Crippen molar-refractivity contribution in [1.82, 2.24) is 0 Å². The van der Waals surface area contributed by atoms with E-state index >= 15 is 0 Å². The second kappa shape index (κ2) is 4.06. The molecule has 0 radical (unpaired) electrons. The molecular weight excluding hydrogens is 189 g/mol. The highest BCUT2D eigenvalue weighted by Gasteiger charge is 2.12. The normalized spacial score (nSPS) is 12.4. The van der Waals surface area contributed by atoms with Crippen LogP contribution in [0, 0.1) is 5.82 Å². The molecule has 0 saturated carbocycles. The fourth-order valence-corrected chi connectivity index (χ4v) is 1.05. The fourth-order valence-electron chi connectivity index (χ4n) is 1.05. The molecule has 0 fully saturated rings. The van der Waals surface area contributed by atoms with Crippen LogP contribution in [0.3, 0.4) is 0 Å². The number of hydrogen-bond donors (Lipinski definition) is 2. The van der Waals surface area contributed by atoms with Crippen molar-refractivity contribution in [2.75, 3.05) is 0 Å². The molecule has 0 aliphatic heterocycles. The number of rotatable bonds is 3. The summed E-state index contributed by atoms with van der Waals surface area (Å²) in [6.45, 7) is 0. The van der Waals surface area contributed by atoms with Crippen LogP contribution < -0.4 is 10.8 Å². The highest BCUT2D eigenvalue weighted by Crippen LogP contribution is 2.15. The third kappa shape index (κ3) is 2.43. The van der Waals surface area contributed by atoms with Gasteiger partial charge in [-0.1, -0.05) is 6.07 Å². The first-order valence-corrected chi connectivity index (χ1v) is 4.02. The van der Waals surface area contributed by atoms with E-state index in [1.807, 2.05) is 0 Å². The van der Waals surface area contributed by atoms with Gasteiger partial charge in [-0.2, -0.15) is 0 Å². The predicted octanol–water partition coefficient (Wildman–Crippen LogP) is -1.57. The zero-order chi connectivity index (χ0) is 10.7. The van der Waals surface area contributed by atoms with Crippen molar-refractivity contribution in [3.05, 3.63) is 29.6 Å². The molecule has 4 N–H and O–H groups in total. The van der Waals surface area contributed by atoms with E-state index in [4.69, 9.17) is 5.11 Å². The summed E-state index contributed by atoms with van der Waals surface area (Å²) in [6, 6.07) is 2.55. The highest BCUT2D eigenvalue weighted by molar-refractivity contribution is 5.69. The van der Waals surface area contributed by atoms with E-state index in [1.165, 1.54) is 12.1 Å². The quantitative estimate of drug-likeness (QED) is 0.616. The number of quaternary nitrogens is 1. The summed E-state index contributed by atoms with van der Waals surface area (Å²) in [6.07, 6.45) is -0.0472. The lowest BCUT2D eigenvalue weighted by atomic mass is 10.1. The Bertz CT molecular complexity index is 354. The van der Waals surface area contributed by atoms with Gasteiger partial charge in [-0.05, 0) is 11.6 Å². The monoisotopic (exact) mass is 199 g/mol. The Morgan fingerprint density at radius 2 is 2.29 bits per heavy atom. The minimum atomic E-state index is -1.32. The minimum absolute atomic E-state index is 0.0472. The molecule has 0 saturated heterocycles. The van der Waals surface area contributed by atoms with E-state index in [2.05, 4.69) is 5.73 Å². The summed E-state index contributed by atoms with van der Waals surface area (Å²) in [5.74, 6) is -2.15. The number of phenols is 1. The SMILES string of the molecule is [NH3+][C@H](Cc1ccc(O)cc1F)C(=O)[O-]. The smallest absolute Gasteiger partial charge is 0.130 e. The van der Waals surface area contributed by atoms with Crippen LogP contribution in [0.2, 0.25) is 0 Å². The Balaban J connectivity index is 2.82. The average molecular weight is 199 g/mol. The van der Waals surface area contributed by atoms with E-state index in [9.17, 15) is 14.3 Å². The Morgan fingerprint density at radius 3 is 2.79 bits per heavy atom. The van der Waals surface area contributed by atoms with Crippen molar-refractivity contribution in [3.63, 3.8) is 0 Å². The summed E-state index contributed by atoms with van der Waals surface area (Å²) >= 11 is 0. The molecule has 0 aromatic heterocycles. The fraction of sp³-hybridized carbons (Fsp3) is 0.222. The van der Waals surface area contributed by atoms with Crippen LogP contribution in [0.4, 0.5) is 4.39 Å². The van der Waals surface area contributed by atoms with E-state index in [0.717, 1.165) is 6.07 Å². The number of aliphatic carboxylic acids is 1. The van der Waals surface area contributed by atoms with E-state index in [0.29, 0.717) is 0 Å². The Labute approximate surface area is 79.8 Å². The van der Waals surface area contributed by atoms with Crippen molar-refractivity contribution in [2.24, 2.45) is 0 Å². The molecule has 5 heteroatoms. The average Bonchev–Trinajstić information content (AvgIpc) is 2.09. The van der Waals surface area contributed by atoms with Crippen LogP contribution in [0.25, 0.3) is 0 Å². The second-order valence-electron chi connectivity index (χ2n) is 3.00. The Hall–Kier alpha value is -1.62. The number of aromatic hydroxyl groups is 1. The number of carbonyl (C=O) groups excluding carboxylic acids is 1. The Morgan fingerprint density at radius 1 is 1.64 bits per heavy atom. The van der Waals surface area contributed by atoms with Gasteiger partial charge in [0, 0.05) is 12.5 Å². The molecule has 0 bridgehead atoms. The topological polar surface area (TPSA) is 88.0 Å². The summed E-state index contributed by atoms with van der Waals surface area (Å²) in [4.78, 5) is 10.3. The molecule has 0 heterocycles. The molecule has 1 aromatic rings. The summed E-state index contributed by atoms with van der Waals surface area (Å²) in [7, 11) is 0. The molecule has 0 amide bonds. The van der Waals surface area contributed by atoms with Crippen LogP contribution in [-0.2, 0) is 11.2 Å². The maximum atomic E-state index is 13.1. The Kier molecular flexibility index (Phi) is 3.03. The lowest BCUT2D eigenvalue weighted by Gasteiger charge is -2.09. The van der Waals surface area contributed by atoms with Crippen molar-refractivity contribution in [1.29, 1.82) is 0 Å². The van der Waals surface area contributed by atoms with Crippen LogP contribution in [0.15, 0.2) is 18.2 Å². The molecule has 76 valence electrons. The van der Waals surface area contributed by atoms with Gasteiger partial charge in [0.15, 0.2) is 0 Å². The maximum absolute atomic E-state index is 13.1. The van der Waals surface area contributed by atoms with Crippen LogP contribution in [0.1, 0.15) is 5.56 Å². The van der Waals surface area contributed by atoms with Gasteiger partial charge in [0.1, 0.15) is 17.6 Å². The van der Waals surface area contributed by atoms with Crippen molar-refractivity contribution >= 4 is 5.97 Å². The number of benzene rings is 1. The largest absolute Gasteiger partial charge is 0.544 e. The maximum Gasteiger partial charge on any atom is 0.130 e. The third-order valence-corrected chi connectivity index (χ3v) is 1.84. The van der Waals surface area contributed by atoms with Gasteiger partial charge in [-0.15, -0.1) is 0 Å². The second-order valence-corrected chi connectivity index (χ2v) is 3.00. The summed E-state index contributed by atoms with van der Waals surface area (Å²) in [5.41, 5.74) is 3.51. The highest BCUT2D eigenvalue weighted by atomic mass is 19.1. The van der Waals surface area contributed by atoms with E-state index < -0.39 is 17.8 Å². The van der Waals surface area contributed by atoms with Gasteiger partial charge < -0.3 is 20.7 Å². The van der Waals surface area contributed by atoms with Crippen LogP contribution in [-0.4, -0.2) is 17.1 Å². The predicted molar refractivity (Wildman–Crippen MR) is 43.5 cm³/mol. The number of phenolic OH excluding ortho intramolecular Hbond substituents is 1. The zero-order valence-electron chi connectivity index (χ0n) is 7.37. The summed E-state index contributed by atoms with van der Waals surface area (Å²) in [5, 5.41) is 19.2. The number of hydrogen-bond acceptors (Lipinski definition) is 3. The minimum Gasteiger partial charge on any atom is -0.544 e. The van der Waals surface area contributed by atoms with Gasteiger partial charge in [-0.25, -0.2) is 4.39 Å². The van der Waals surface area contributed by atoms with Gasteiger partial charge in [-0.3, -0.25) is 0 Å². The molecule has 0 aliphatic carbocycles. The summed E-state index contributed by atoms with van der Waals surface area (Å²) < 4.78 is 13.1. The van der Waals surface area contributed by atoms with Gasteiger partial charge in [0.2, 0.25) is 0 Å². The van der Waals surface area contributed by atoms with Crippen molar-refractivity contribution in [2.45, 2.75) is 12.5 Å². The van der Waals surface area contributed by atoms with Gasteiger partial charge in [0.25, 0.3) is 0 Å². The first-order valence-electron chi connectivity index (χ1n) is 4.02. The first-order chi connectivity index (χ1) is 6.50. The number of carbonyl (C=O) groups is 1. The molecule has 14 heavy (non-hydrogen) atoms. The lowest BCUT2D eigenvalue weighted by Crippen LogP contribution is -2.69. The van der Waals surface area contributed by atoms with Crippen molar-refractivity contribution < 1.29 is 25.1 Å². The molecule has 1 aromatic carbocycles. The molecular formula is C9H10FNO3. The number of halogens is 1. The molecule has 1 rings (SSSR count). The zero-order valence-corrected chi connectivity index (χ0v) is 7.37. The van der Waals surface area contributed by atoms with Crippen molar-refractivity contribution in [3.8, 4) is 5.75 Å². The van der Waals surface area contributed by atoms with Gasteiger partial charge in [0.05, 0.1) is 5.97 Å². The number of carboxylic acid groups (broad SMARTS) is 1.